The summed E-state index contributed by atoms with van der Waals surface area (Å²) in [5, 5.41) is 3.64. The van der Waals surface area contributed by atoms with Gasteiger partial charge in [-0.05, 0) is 30.9 Å². The predicted octanol–water partition coefficient (Wildman–Crippen LogP) is 3.23. The van der Waals surface area contributed by atoms with Crippen LogP contribution >= 0.6 is 11.3 Å². The number of thiazole rings is 1. The molecule has 88 valence electrons. The Hall–Kier alpha value is -1.19. The summed E-state index contributed by atoms with van der Waals surface area (Å²) in [4.78, 5) is 5.42. The van der Waals surface area contributed by atoms with Crippen molar-refractivity contribution >= 4 is 11.3 Å². The molecule has 1 aromatic heterocycles. The van der Waals surface area contributed by atoms with Gasteiger partial charge in [-0.25, -0.2) is 0 Å². The molecule has 0 fully saturated rings. The molecule has 1 aliphatic carbocycles. The molecular weight excluding hydrogens is 228 g/mol. The van der Waals surface area contributed by atoms with Crippen LogP contribution in [0.2, 0.25) is 0 Å². The summed E-state index contributed by atoms with van der Waals surface area (Å²) in [6.45, 7) is 3.10. The minimum absolute atomic E-state index is 0.520. The first-order valence-corrected chi connectivity index (χ1v) is 6.91. The highest BCUT2D eigenvalue weighted by atomic mass is 32.1. The summed E-state index contributed by atoms with van der Waals surface area (Å²) in [5.41, 5.74) is 6.26. The van der Waals surface area contributed by atoms with Gasteiger partial charge in [-0.3, -0.25) is 4.98 Å². The Morgan fingerprint density at radius 2 is 2.41 bits per heavy atom. The molecule has 1 unspecified atom stereocenters. The molecule has 2 nitrogen and oxygen atoms in total. The average Bonchev–Trinajstić information content (AvgIpc) is 2.94. The monoisotopic (exact) mass is 244 g/mol. The van der Waals surface area contributed by atoms with E-state index in [2.05, 4.69) is 35.4 Å². The predicted molar refractivity (Wildman–Crippen MR) is 71.2 cm³/mol. The molecule has 1 N–H and O–H groups in total. The van der Waals surface area contributed by atoms with Crippen molar-refractivity contribution in [1.82, 2.24) is 10.3 Å². The summed E-state index contributed by atoms with van der Waals surface area (Å²) < 4.78 is 0. The summed E-state index contributed by atoms with van der Waals surface area (Å²) in [6, 6.07) is 7.34. The first-order valence-electron chi connectivity index (χ1n) is 6.03. The minimum atomic E-state index is 0.520. The average molecular weight is 244 g/mol. The topological polar surface area (TPSA) is 24.9 Å². The molecule has 1 aliphatic rings. The van der Waals surface area contributed by atoms with Gasteiger partial charge in [0, 0.05) is 23.7 Å². The fourth-order valence-electron chi connectivity index (χ4n) is 2.49. The Bertz CT molecular complexity index is 505. The molecule has 0 saturated heterocycles. The third kappa shape index (κ3) is 2.26. The van der Waals surface area contributed by atoms with Gasteiger partial charge >= 0.3 is 0 Å². The Morgan fingerprint density at radius 1 is 1.47 bits per heavy atom. The summed E-state index contributed by atoms with van der Waals surface area (Å²) in [7, 11) is 0. The smallest absolute Gasteiger partial charge is 0.0794 e. The zero-order chi connectivity index (χ0) is 11.7. The van der Waals surface area contributed by atoms with E-state index in [1.165, 1.54) is 34.4 Å². The van der Waals surface area contributed by atoms with Crippen molar-refractivity contribution < 1.29 is 0 Å². The van der Waals surface area contributed by atoms with Crippen molar-refractivity contribution in [2.45, 2.75) is 32.4 Å². The van der Waals surface area contributed by atoms with Crippen LogP contribution in [0, 0.1) is 6.92 Å². The van der Waals surface area contributed by atoms with Gasteiger partial charge in [-0.15, -0.1) is 11.3 Å². The molecule has 0 aliphatic heterocycles. The minimum Gasteiger partial charge on any atom is -0.305 e. The van der Waals surface area contributed by atoms with Gasteiger partial charge in [0.25, 0.3) is 0 Å². The van der Waals surface area contributed by atoms with Gasteiger partial charge in [0.1, 0.15) is 0 Å². The second kappa shape index (κ2) is 4.59. The molecule has 17 heavy (non-hydrogen) atoms. The van der Waals surface area contributed by atoms with Gasteiger partial charge < -0.3 is 5.32 Å². The number of nitrogens with zero attached hydrogens (tertiary/aromatic N) is 1. The lowest BCUT2D eigenvalue weighted by Gasteiger charge is -2.13. The standard InChI is InChI=1S/C14H16N2S/c1-10-2-3-11-4-5-14(13(11)6-10)16-8-12-7-15-9-17-12/h2-3,6-7,9,14,16H,4-5,8H2,1H3. The van der Waals surface area contributed by atoms with Crippen LogP contribution in [0.5, 0.6) is 0 Å². The van der Waals surface area contributed by atoms with Crippen LogP contribution in [-0.2, 0) is 13.0 Å². The molecule has 0 radical (unpaired) electrons. The molecule has 1 heterocycles. The first-order chi connectivity index (χ1) is 8.33. The molecule has 0 saturated carbocycles. The largest absolute Gasteiger partial charge is 0.305 e. The fourth-order valence-corrected chi connectivity index (χ4v) is 3.03. The fraction of sp³-hybridized carbons (Fsp3) is 0.357. The SMILES string of the molecule is Cc1ccc2c(c1)C(NCc1cncs1)CC2. The number of aromatic nitrogens is 1. The maximum absolute atomic E-state index is 4.10. The van der Waals surface area contributed by atoms with E-state index in [0.29, 0.717) is 6.04 Å². The van der Waals surface area contributed by atoms with Crippen molar-refractivity contribution in [1.29, 1.82) is 0 Å². The lowest BCUT2D eigenvalue weighted by atomic mass is 10.1. The maximum Gasteiger partial charge on any atom is 0.0794 e. The second-order valence-electron chi connectivity index (χ2n) is 4.64. The highest BCUT2D eigenvalue weighted by molar-refractivity contribution is 7.09. The van der Waals surface area contributed by atoms with Crippen LogP contribution in [0.1, 0.15) is 34.0 Å². The number of fused-ring (bicyclic) bond motifs is 1. The zero-order valence-corrected chi connectivity index (χ0v) is 10.8. The second-order valence-corrected chi connectivity index (χ2v) is 5.61. The lowest BCUT2D eigenvalue weighted by molar-refractivity contribution is 0.533. The van der Waals surface area contributed by atoms with Gasteiger partial charge in [-0.1, -0.05) is 23.8 Å². The summed E-state index contributed by atoms with van der Waals surface area (Å²) >= 11 is 1.72. The number of aryl methyl sites for hydroxylation is 2. The van der Waals surface area contributed by atoms with Crippen LogP contribution in [0.3, 0.4) is 0 Å². The van der Waals surface area contributed by atoms with E-state index in [4.69, 9.17) is 0 Å². The van der Waals surface area contributed by atoms with Crippen LogP contribution < -0.4 is 5.32 Å². The number of nitrogens with one attached hydrogen (secondary N) is 1. The molecule has 3 rings (SSSR count). The van der Waals surface area contributed by atoms with Crippen molar-refractivity contribution in [3.05, 3.63) is 51.5 Å². The van der Waals surface area contributed by atoms with Crippen LogP contribution in [0.4, 0.5) is 0 Å². The third-order valence-corrected chi connectivity index (χ3v) is 4.16. The molecular formula is C14H16N2S. The molecule has 3 heteroatoms. The number of hydrogen-bond acceptors (Lipinski definition) is 3. The Labute approximate surface area is 106 Å². The highest BCUT2D eigenvalue weighted by Gasteiger charge is 2.21. The van der Waals surface area contributed by atoms with E-state index in [0.717, 1.165) is 6.54 Å². The van der Waals surface area contributed by atoms with Gasteiger partial charge in [0.05, 0.1) is 5.51 Å². The Balaban J connectivity index is 1.73. The van der Waals surface area contributed by atoms with Crippen molar-refractivity contribution in [3.8, 4) is 0 Å². The Morgan fingerprint density at radius 3 is 3.24 bits per heavy atom. The molecule has 0 spiro atoms. The van der Waals surface area contributed by atoms with Crippen LogP contribution in [-0.4, -0.2) is 4.98 Å². The van der Waals surface area contributed by atoms with Crippen molar-refractivity contribution in [3.63, 3.8) is 0 Å². The van der Waals surface area contributed by atoms with E-state index in [9.17, 15) is 0 Å². The van der Waals surface area contributed by atoms with E-state index in [1.807, 2.05) is 11.7 Å². The normalized spacial score (nSPS) is 18.3. The Kier molecular flexibility index (Phi) is 2.95. The van der Waals surface area contributed by atoms with Gasteiger partial charge in [-0.2, -0.15) is 0 Å². The maximum atomic E-state index is 4.10. The molecule has 0 bridgehead atoms. The van der Waals surface area contributed by atoms with Gasteiger partial charge in [0.15, 0.2) is 0 Å². The number of benzene rings is 1. The van der Waals surface area contributed by atoms with Crippen LogP contribution in [0.25, 0.3) is 0 Å². The quantitative estimate of drug-likeness (QED) is 0.896. The summed E-state index contributed by atoms with van der Waals surface area (Å²) in [6.07, 6.45) is 4.37. The van der Waals surface area contributed by atoms with E-state index in [-0.39, 0.29) is 0 Å². The molecule has 1 atom stereocenters. The summed E-state index contributed by atoms with van der Waals surface area (Å²) in [5.74, 6) is 0. The molecule has 2 aromatic rings. The zero-order valence-electron chi connectivity index (χ0n) is 9.94. The number of rotatable bonds is 3. The number of hydrogen-bond donors (Lipinski definition) is 1. The molecule has 0 amide bonds. The highest BCUT2D eigenvalue weighted by Crippen LogP contribution is 2.32. The van der Waals surface area contributed by atoms with Crippen molar-refractivity contribution in [2.24, 2.45) is 0 Å². The van der Waals surface area contributed by atoms with E-state index >= 15 is 0 Å². The van der Waals surface area contributed by atoms with Crippen molar-refractivity contribution in [2.75, 3.05) is 0 Å². The van der Waals surface area contributed by atoms with E-state index in [1.54, 1.807) is 11.3 Å². The van der Waals surface area contributed by atoms with Crippen LogP contribution in [0.15, 0.2) is 29.9 Å². The first kappa shape index (κ1) is 10.9. The molecule has 1 aromatic carbocycles. The lowest BCUT2D eigenvalue weighted by Crippen LogP contribution is -2.18. The van der Waals surface area contributed by atoms with E-state index < -0.39 is 0 Å². The third-order valence-electron chi connectivity index (χ3n) is 3.39. The van der Waals surface area contributed by atoms with Gasteiger partial charge in [0.2, 0.25) is 0 Å².